The maximum Gasteiger partial charge on any atom is 0.265 e. The molecule has 0 bridgehead atoms. The van der Waals surface area contributed by atoms with Gasteiger partial charge in [0.15, 0.2) is 0 Å². The van der Waals surface area contributed by atoms with Crippen molar-refractivity contribution < 1.29 is 19.2 Å². The molecule has 2 N–H and O–H groups in total. The molecule has 15 heavy (non-hydrogen) atoms. The third kappa shape index (κ3) is 3.47. The molecule has 0 aromatic heterocycles. The molecule has 0 radical (unpaired) electrons. The van der Waals surface area contributed by atoms with E-state index in [-0.39, 0.29) is 23.6 Å². The lowest BCUT2D eigenvalue weighted by Crippen LogP contribution is -2.21. The summed E-state index contributed by atoms with van der Waals surface area (Å²) in [6.45, 7) is 0. The molecule has 0 unspecified atom stereocenters. The Bertz CT molecular complexity index is 395. The zero-order valence-electron chi connectivity index (χ0n) is 7.24. The van der Waals surface area contributed by atoms with Crippen LogP contribution in [0.1, 0.15) is 0 Å². The first-order chi connectivity index (χ1) is 6.99. The van der Waals surface area contributed by atoms with E-state index >= 15 is 0 Å². The lowest BCUT2D eigenvalue weighted by atomic mass is 10.6. The monoisotopic (exact) mass is 272 g/mol. The van der Waals surface area contributed by atoms with E-state index in [1.54, 1.807) is 0 Å². The summed E-state index contributed by atoms with van der Waals surface area (Å²) < 4.78 is 0.294. The van der Waals surface area contributed by atoms with Crippen molar-refractivity contribution in [1.29, 1.82) is 0 Å². The molecule has 0 aromatic carbocycles. The molecule has 0 spiro atoms. The minimum Gasteiger partial charge on any atom is -0.289 e. The van der Waals surface area contributed by atoms with E-state index in [0.717, 1.165) is 0 Å². The first-order valence-corrected chi connectivity index (χ1v) is 4.54. The highest BCUT2D eigenvalue weighted by molar-refractivity contribution is 9.12. The van der Waals surface area contributed by atoms with Gasteiger partial charge in [-0.1, -0.05) is 0 Å². The topological polar surface area (TPSA) is 92.3 Å². The van der Waals surface area contributed by atoms with Crippen LogP contribution in [0, 0.1) is 0 Å². The number of imide groups is 2. The Balaban J connectivity index is 0.000000151. The van der Waals surface area contributed by atoms with Crippen LogP contribution in [0.25, 0.3) is 0 Å². The number of amides is 4. The highest BCUT2D eigenvalue weighted by atomic mass is 79.9. The van der Waals surface area contributed by atoms with Crippen molar-refractivity contribution in [3.63, 3.8) is 0 Å². The SMILES string of the molecule is O=C1C=C(Br)C(=O)N1.O=C1C=CC(=O)N1. The van der Waals surface area contributed by atoms with Gasteiger partial charge in [-0.05, 0) is 15.9 Å². The van der Waals surface area contributed by atoms with Crippen molar-refractivity contribution in [3.05, 3.63) is 22.7 Å². The van der Waals surface area contributed by atoms with Crippen molar-refractivity contribution >= 4 is 39.6 Å². The highest BCUT2D eigenvalue weighted by Crippen LogP contribution is 2.08. The number of hydrogen-bond acceptors (Lipinski definition) is 4. The number of nitrogens with one attached hydrogen (secondary N) is 2. The van der Waals surface area contributed by atoms with Crippen LogP contribution in [0.2, 0.25) is 0 Å². The van der Waals surface area contributed by atoms with Crippen LogP contribution in [0.5, 0.6) is 0 Å². The molecule has 2 aliphatic rings. The Kier molecular flexibility index (Phi) is 3.51. The maximum atomic E-state index is 10.3. The molecule has 2 rings (SSSR count). The fourth-order valence-corrected chi connectivity index (χ4v) is 1.05. The predicted octanol–water partition coefficient (Wildman–Crippen LogP) is -0.879. The van der Waals surface area contributed by atoms with Gasteiger partial charge in [-0.3, -0.25) is 29.8 Å². The molecule has 4 amide bonds. The Hall–Kier alpha value is -1.76. The van der Waals surface area contributed by atoms with Crippen LogP contribution >= 0.6 is 15.9 Å². The molecule has 2 heterocycles. The quantitative estimate of drug-likeness (QED) is 0.560. The molecular weight excluding hydrogens is 268 g/mol. The number of rotatable bonds is 0. The maximum absolute atomic E-state index is 10.3. The van der Waals surface area contributed by atoms with Crippen LogP contribution in [-0.2, 0) is 19.2 Å². The first kappa shape index (κ1) is 11.3. The first-order valence-electron chi connectivity index (χ1n) is 3.74. The van der Waals surface area contributed by atoms with E-state index in [2.05, 4.69) is 15.9 Å². The molecule has 0 aromatic rings. The number of carbonyl (C=O) groups excluding carboxylic acids is 4. The third-order valence-corrected chi connectivity index (χ3v) is 1.93. The zero-order chi connectivity index (χ0) is 11.4. The average Bonchev–Trinajstić information content (AvgIpc) is 2.61. The summed E-state index contributed by atoms with van der Waals surface area (Å²) in [6.07, 6.45) is 3.59. The number of halogens is 1. The molecule has 7 heteroatoms. The van der Waals surface area contributed by atoms with E-state index in [1.807, 2.05) is 10.6 Å². The van der Waals surface area contributed by atoms with E-state index in [0.29, 0.717) is 4.48 Å². The Morgan fingerprint density at radius 3 is 1.53 bits per heavy atom. The largest absolute Gasteiger partial charge is 0.289 e. The van der Waals surface area contributed by atoms with Crippen LogP contribution in [-0.4, -0.2) is 23.6 Å². The van der Waals surface area contributed by atoms with Crippen molar-refractivity contribution in [3.8, 4) is 0 Å². The molecule has 0 fully saturated rings. The van der Waals surface area contributed by atoms with Crippen LogP contribution < -0.4 is 10.6 Å². The van der Waals surface area contributed by atoms with Gasteiger partial charge >= 0.3 is 0 Å². The summed E-state index contributed by atoms with van der Waals surface area (Å²) in [5.41, 5.74) is 0. The van der Waals surface area contributed by atoms with Gasteiger partial charge in [0, 0.05) is 18.2 Å². The average molecular weight is 273 g/mol. The van der Waals surface area contributed by atoms with Gasteiger partial charge in [0.2, 0.25) is 0 Å². The van der Waals surface area contributed by atoms with Gasteiger partial charge in [-0.25, -0.2) is 0 Å². The smallest absolute Gasteiger partial charge is 0.265 e. The molecule has 0 saturated carbocycles. The second kappa shape index (κ2) is 4.65. The normalized spacial score (nSPS) is 18.1. The van der Waals surface area contributed by atoms with Crippen molar-refractivity contribution in [1.82, 2.24) is 10.6 Å². The number of carbonyl (C=O) groups is 4. The van der Waals surface area contributed by atoms with Crippen molar-refractivity contribution in [2.45, 2.75) is 0 Å². The van der Waals surface area contributed by atoms with Crippen LogP contribution in [0.15, 0.2) is 22.7 Å². The Labute approximate surface area is 92.5 Å². The van der Waals surface area contributed by atoms with Gasteiger partial charge in [0.05, 0.1) is 4.48 Å². The standard InChI is InChI=1S/C4H2BrNO2.C4H3NO2/c5-2-1-3(7)6-4(2)8;6-3-1-2-4(7)5-3/h1H,(H,6,7,8);1-2H,(H,5,6,7). The summed E-state index contributed by atoms with van der Waals surface area (Å²) >= 11 is 2.87. The van der Waals surface area contributed by atoms with E-state index < -0.39 is 0 Å². The second-order valence-corrected chi connectivity index (χ2v) is 3.35. The van der Waals surface area contributed by atoms with E-state index in [1.165, 1.54) is 18.2 Å². The van der Waals surface area contributed by atoms with E-state index in [4.69, 9.17) is 0 Å². The van der Waals surface area contributed by atoms with Gasteiger partial charge in [-0.2, -0.15) is 0 Å². The van der Waals surface area contributed by atoms with Crippen LogP contribution in [0.3, 0.4) is 0 Å². The second-order valence-electron chi connectivity index (χ2n) is 2.50. The van der Waals surface area contributed by atoms with Gasteiger partial charge in [0.25, 0.3) is 23.6 Å². The summed E-state index contributed by atoms with van der Waals surface area (Å²) in [5.74, 6) is -1.38. The predicted molar refractivity (Wildman–Crippen MR) is 52.4 cm³/mol. The van der Waals surface area contributed by atoms with Gasteiger partial charge in [-0.15, -0.1) is 0 Å². The highest BCUT2D eigenvalue weighted by Gasteiger charge is 2.16. The number of hydrogen-bond donors (Lipinski definition) is 2. The molecule has 2 aliphatic heterocycles. The lowest BCUT2D eigenvalue weighted by molar-refractivity contribution is -0.125. The van der Waals surface area contributed by atoms with E-state index in [9.17, 15) is 19.2 Å². The minimum absolute atomic E-state index is 0.294. The Morgan fingerprint density at radius 1 is 0.867 bits per heavy atom. The minimum atomic E-state index is -0.366. The molecule has 0 aliphatic carbocycles. The molecule has 0 atom stereocenters. The van der Waals surface area contributed by atoms with Crippen LogP contribution in [0.4, 0.5) is 0 Å². The molecule has 6 nitrogen and oxygen atoms in total. The summed E-state index contributed by atoms with van der Waals surface area (Å²) in [6, 6.07) is 0. The fraction of sp³-hybridized carbons (Fsp3) is 0. The Morgan fingerprint density at radius 2 is 1.40 bits per heavy atom. The summed E-state index contributed by atoms with van der Waals surface area (Å²) in [5, 5.41) is 4.08. The molecular formula is C8H5BrN2O4. The zero-order valence-corrected chi connectivity index (χ0v) is 8.83. The van der Waals surface area contributed by atoms with Crippen molar-refractivity contribution in [2.75, 3.05) is 0 Å². The fourth-order valence-electron chi connectivity index (χ4n) is 0.744. The van der Waals surface area contributed by atoms with Crippen molar-refractivity contribution in [2.24, 2.45) is 0 Å². The lowest BCUT2D eigenvalue weighted by Gasteiger charge is -1.83. The summed E-state index contributed by atoms with van der Waals surface area (Å²) in [7, 11) is 0. The third-order valence-electron chi connectivity index (χ3n) is 1.34. The molecule has 0 saturated heterocycles. The molecule has 78 valence electrons. The van der Waals surface area contributed by atoms with Gasteiger partial charge < -0.3 is 0 Å². The van der Waals surface area contributed by atoms with Gasteiger partial charge in [0.1, 0.15) is 0 Å². The summed E-state index contributed by atoms with van der Waals surface area (Å²) in [4.78, 5) is 40.6.